The number of nitrogens with zero attached hydrogens (tertiary/aromatic N) is 1. The molecule has 5 heteroatoms. The zero-order chi connectivity index (χ0) is 15.7. The maximum absolute atomic E-state index is 12.8. The smallest absolute Gasteiger partial charge is 0.419 e. The fourth-order valence-corrected chi connectivity index (χ4v) is 3.16. The molecule has 21 heavy (non-hydrogen) atoms. The number of likely N-dealkylation sites (tertiary alicyclic amines) is 1. The SMILES string of the molecule is CCC1(CC)CCN(Cc2ccc(O)c(C(F)(F)F)c2)C1. The van der Waals surface area contributed by atoms with E-state index in [1.54, 1.807) is 6.07 Å². The molecule has 0 saturated carbocycles. The van der Waals surface area contributed by atoms with Crippen LogP contribution in [0.3, 0.4) is 0 Å². The maximum atomic E-state index is 12.8. The van der Waals surface area contributed by atoms with Crippen molar-refractivity contribution in [2.75, 3.05) is 13.1 Å². The lowest BCUT2D eigenvalue weighted by atomic mass is 9.82. The standard InChI is InChI=1S/C16H22F3NO/c1-3-15(4-2)7-8-20(11-15)10-12-5-6-14(21)13(9-12)16(17,18)19/h5-6,9,21H,3-4,7-8,10-11H2,1-2H3. The van der Waals surface area contributed by atoms with E-state index in [9.17, 15) is 18.3 Å². The molecule has 2 rings (SSSR count). The van der Waals surface area contributed by atoms with Gasteiger partial charge in [-0.2, -0.15) is 13.2 Å². The van der Waals surface area contributed by atoms with Crippen LogP contribution in [0.2, 0.25) is 0 Å². The van der Waals surface area contributed by atoms with Crippen LogP contribution in [0.4, 0.5) is 13.2 Å². The number of rotatable bonds is 4. The van der Waals surface area contributed by atoms with Gasteiger partial charge in [0.1, 0.15) is 5.75 Å². The fraction of sp³-hybridized carbons (Fsp3) is 0.625. The molecule has 0 spiro atoms. The van der Waals surface area contributed by atoms with E-state index >= 15 is 0 Å². The van der Waals surface area contributed by atoms with Crippen LogP contribution in [0.5, 0.6) is 5.75 Å². The van der Waals surface area contributed by atoms with Crippen molar-refractivity contribution < 1.29 is 18.3 Å². The van der Waals surface area contributed by atoms with Crippen molar-refractivity contribution in [3.8, 4) is 5.75 Å². The second kappa shape index (κ2) is 5.87. The molecule has 2 nitrogen and oxygen atoms in total. The topological polar surface area (TPSA) is 23.5 Å². The summed E-state index contributed by atoms with van der Waals surface area (Å²) >= 11 is 0. The molecule has 1 saturated heterocycles. The van der Waals surface area contributed by atoms with Crippen LogP contribution in [0.25, 0.3) is 0 Å². The first-order valence-electron chi connectivity index (χ1n) is 7.41. The summed E-state index contributed by atoms with van der Waals surface area (Å²) in [5.41, 5.74) is -0.0383. The van der Waals surface area contributed by atoms with E-state index in [1.165, 1.54) is 0 Å². The lowest BCUT2D eigenvalue weighted by Gasteiger charge is -2.26. The molecule has 1 aromatic carbocycles. The Morgan fingerprint density at radius 2 is 1.90 bits per heavy atom. The highest BCUT2D eigenvalue weighted by molar-refractivity contribution is 5.38. The molecule has 0 radical (unpaired) electrons. The van der Waals surface area contributed by atoms with Gasteiger partial charge in [-0.3, -0.25) is 4.90 Å². The molecule has 1 aliphatic heterocycles. The van der Waals surface area contributed by atoms with Crippen molar-refractivity contribution in [3.05, 3.63) is 29.3 Å². The van der Waals surface area contributed by atoms with Crippen molar-refractivity contribution >= 4 is 0 Å². The summed E-state index contributed by atoms with van der Waals surface area (Å²) in [7, 11) is 0. The summed E-state index contributed by atoms with van der Waals surface area (Å²) in [4.78, 5) is 2.21. The largest absolute Gasteiger partial charge is 0.507 e. The van der Waals surface area contributed by atoms with E-state index < -0.39 is 17.5 Å². The molecule has 0 amide bonds. The lowest BCUT2D eigenvalue weighted by molar-refractivity contribution is -0.138. The average molecular weight is 301 g/mol. The van der Waals surface area contributed by atoms with Gasteiger partial charge in [0.15, 0.2) is 0 Å². The Bertz CT molecular complexity index is 495. The van der Waals surface area contributed by atoms with E-state index in [4.69, 9.17) is 0 Å². The van der Waals surface area contributed by atoms with Gasteiger partial charge >= 0.3 is 6.18 Å². The van der Waals surface area contributed by atoms with Gasteiger partial charge in [-0.1, -0.05) is 19.9 Å². The maximum Gasteiger partial charge on any atom is 0.419 e. The number of hydrogen-bond acceptors (Lipinski definition) is 2. The fourth-order valence-electron chi connectivity index (χ4n) is 3.16. The van der Waals surface area contributed by atoms with Gasteiger partial charge in [0, 0.05) is 13.1 Å². The first-order chi connectivity index (χ1) is 9.79. The number of aromatic hydroxyl groups is 1. The summed E-state index contributed by atoms with van der Waals surface area (Å²) in [6, 6.07) is 3.77. The molecule has 1 heterocycles. The van der Waals surface area contributed by atoms with Crippen molar-refractivity contribution in [1.82, 2.24) is 4.90 Å². The molecule has 0 aliphatic carbocycles. The van der Waals surface area contributed by atoms with E-state index in [1.807, 2.05) is 0 Å². The van der Waals surface area contributed by atoms with E-state index in [2.05, 4.69) is 18.7 Å². The third-order valence-electron chi connectivity index (χ3n) is 4.79. The van der Waals surface area contributed by atoms with Gasteiger partial charge in [-0.05, 0) is 48.9 Å². The molecule has 1 aliphatic rings. The molecule has 118 valence electrons. The van der Waals surface area contributed by atoms with Crippen LogP contribution in [0.15, 0.2) is 18.2 Å². The number of halogens is 3. The zero-order valence-corrected chi connectivity index (χ0v) is 12.5. The number of phenols is 1. The number of hydrogen-bond donors (Lipinski definition) is 1. The minimum atomic E-state index is -4.51. The van der Waals surface area contributed by atoms with Crippen LogP contribution in [-0.2, 0) is 12.7 Å². The monoisotopic (exact) mass is 301 g/mol. The van der Waals surface area contributed by atoms with Crippen molar-refractivity contribution in [3.63, 3.8) is 0 Å². The highest BCUT2D eigenvalue weighted by atomic mass is 19.4. The Morgan fingerprint density at radius 3 is 2.43 bits per heavy atom. The molecule has 0 bridgehead atoms. The molecule has 0 aromatic heterocycles. The van der Waals surface area contributed by atoms with Crippen LogP contribution in [0.1, 0.15) is 44.2 Å². The van der Waals surface area contributed by atoms with Gasteiger partial charge in [0.2, 0.25) is 0 Å². The Labute approximate surface area is 123 Å². The minimum absolute atomic E-state index is 0.309. The van der Waals surface area contributed by atoms with Gasteiger partial charge in [0.25, 0.3) is 0 Å². The first-order valence-corrected chi connectivity index (χ1v) is 7.41. The summed E-state index contributed by atoms with van der Waals surface area (Å²) in [5, 5.41) is 9.36. The Hall–Kier alpha value is -1.23. The van der Waals surface area contributed by atoms with Gasteiger partial charge in [0.05, 0.1) is 5.56 Å². The Kier molecular flexibility index (Phi) is 4.51. The van der Waals surface area contributed by atoms with Crippen LogP contribution in [0, 0.1) is 5.41 Å². The van der Waals surface area contributed by atoms with Crippen LogP contribution >= 0.6 is 0 Å². The zero-order valence-electron chi connectivity index (χ0n) is 12.5. The summed E-state index contributed by atoms with van der Waals surface area (Å²) in [6.07, 6.45) is -1.21. The first kappa shape index (κ1) is 16.1. The Balaban J connectivity index is 2.11. The molecule has 0 atom stereocenters. The van der Waals surface area contributed by atoms with Crippen LogP contribution < -0.4 is 0 Å². The predicted molar refractivity (Wildman–Crippen MR) is 76.0 cm³/mol. The van der Waals surface area contributed by atoms with E-state index in [-0.39, 0.29) is 0 Å². The van der Waals surface area contributed by atoms with E-state index in [0.717, 1.165) is 44.5 Å². The highest BCUT2D eigenvalue weighted by Gasteiger charge is 2.36. The summed E-state index contributed by atoms with van der Waals surface area (Å²) < 4.78 is 38.4. The second-order valence-corrected chi connectivity index (χ2v) is 6.02. The number of phenolic OH excluding ortho intramolecular Hbond substituents is 1. The van der Waals surface area contributed by atoms with Crippen molar-refractivity contribution in [2.45, 2.75) is 45.8 Å². The number of benzene rings is 1. The van der Waals surface area contributed by atoms with Gasteiger partial charge < -0.3 is 5.11 Å². The molecule has 1 fully saturated rings. The number of alkyl halides is 3. The molecule has 1 aromatic rings. The van der Waals surface area contributed by atoms with Crippen molar-refractivity contribution in [2.24, 2.45) is 5.41 Å². The molecular weight excluding hydrogens is 279 g/mol. The van der Waals surface area contributed by atoms with Crippen LogP contribution in [-0.4, -0.2) is 23.1 Å². The predicted octanol–water partition coefficient (Wildman–Crippen LogP) is 4.42. The molecule has 1 N–H and O–H groups in total. The Morgan fingerprint density at radius 1 is 1.24 bits per heavy atom. The third kappa shape index (κ3) is 3.51. The van der Waals surface area contributed by atoms with Gasteiger partial charge in [-0.25, -0.2) is 0 Å². The summed E-state index contributed by atoms with van der Waals surface area (Å²) in [6.45, 7) is 6.71. The third-order valence-corrected chi connectivity index (χ3v) is 4.79. The second-order valence-electron chi connectivity index (χ2n) is 6.02. The lowest BCUT2D eigenvalue weighted by Crippen LogP contribution is -2.26. The highest BCUT2D eigenvalue weighted by Crippen LogP contribution is 2.39. The average Bonchev–Trinajstić information content (AvgIpc) is 2.84. The minimum Gasteiger partial charge on any atom is -0.507 e. The summed E-state index contributed by atoms with van der Waals surface area (Å²) in [5.74, 6) is -0.705. The van der Waals surface area contributed by atoms with Crippen molar-refractivity contribution in [1.29, 1.82) is 0 Å². The molecule has 0 unspecified atom stereocenters. The van der Waals surface area contributed by atoms with E-state index in [0.29, 0.717) is 17.5 Å². The normalized spacial score (nSPS) is 19.1. The molecular formula is C16H22F3NO. The van der Waals surface area contributed by atoms with Gasteiger partial charge in [-0.15, -0.1) is 0 Å². The quantitative estimate of drug-likeness (QED) is 0.889.